The lowest BCUT2D eigenvalue weighted by Crippen LogP contribution is -2.23. The molecule has 4 rings (SSSR count). The van der Waals surface area contributed by atoms with Crippen LogP contribution in [0, 0.1) is 11.3 Å². The largest absolute Gasteiger partial charge is 0.361 e. The molecule has 0 aliphatic heterocycles. The van der Waals surface area contributed by atoms with Crippen LogP contribution in [0.3, 0.4) is 0 Å². The SMILES string of the molecule is CCc1cc2ccc(C(C)(C#N)Cc3cccc4[nH]ccc34)cc2[nH]c1=O. The number of aryl methyl sites for hydroxylation is 1. The molecule has 0 aliphatic carbocycles. The van der Waals surface area contributed by atoms with Gasteiger partial charge in [0.15, 0.2) is 0 Å². The van der Waals surface area contributed by atoms with Gasteiger partial charge in [0.2, 0.25) is 0 Å². The molecule has 0 saturated carbocycles. The summed E-state index contributed by atoms with van der Waals surface area (Å²) >= 11 is 0. The number of H-pyrrole nitrogens is 2. The molecule has 0 bridgehead atoms. The molecule has 2 heterocycles. The summed E-state index contributed by atoms with van der Waals surface area (Å²) in [4.78, 5) is 18.4. The minimum atomic E-state index is -0.694. The van der Waals surface area contributed by atoms with Crippen molar-refractivity contribution in [2.45, 2.75) is 32.1 Å². The summed E-state index contributed by atoms with van der Waals surface area (Å²) < 4.78 is 0. The highest BCUT2D eigenvalue weighted by Crippen LogP contribution is 2.32. The van der Waals surface area contributed by atoms with E-state index in [9.17, 15) is 10.1 Å². The minimum Gasteiger partial charge on any atom is -0.361 e. The molecule has 0 aliphatic rings. The van der Waals surface area contributed by atoms with Gasteiger partial charge in [-0.1, -0.05) is 31.2 Å². The maximum Gasteiger partial charge on any atom is 0.251 e. The second-order valence-electron chi connectivity index (χ2n) is 7.26. The van der Waals surface area contributed by atoms with E-state index < -0.39 is 5.41 Å². The number of aromatic amines is 2. The van der Waals surface area contributed by atoms with Gasteiger partial charge < -0.3 is 9.97 Å². The molecule has 4 nitrogen and oxygen atoms in total. The Morgan fingerprint density at radius 1 is 1.07 bits per heavy atom. The van der Waals surface area contributed by atoms with E-state index in [4.69, 9.17) is 0 Å². The van der Waals surface area contributed by atoms with Crippen LogP contribution in [0.2, 0.25) is 0 Å². The van der Waals surface area contributed by atoms with E-state index in [1.807, 2.05) is 62.5 Å². The Kier molecular flexibility index (Phi) is 4.08. The Bertz CT molecular complexity index is 1240. The first-order valence-electron chi connectivity index (χ1n) is 9.17. The third-order valence-corrected chi connectivity index (χ3v) is 5.42. The number of benzene rings is 2. The summed E-state index contributed by atoms with van der Waals surface area (Å²) in [6, 6.07) is 18.5. The first kappa shape index (κ1) is 17.1. The molecule has 1 atom stereocenters. The number of hydrogen-bond donors (Lipinski definition) is 2. The highest BCUT2D eigenvalue weighted by molar-refractivity contribution is 5.83. The Labute approximate surface area is 157 Å². The summed E-state index contributed by atoms with van der Waals surface area (Å²) in [7, 11) is 0. The van der Waals surface area contributed by atoms with E-state index in [1.165, 1.54) is 0 Å². The van der Waals surface area contributed by atoms with Gasteiger partial charge in [0.05, 0.1) is 11.5 Å². The first-order valence-corrected chi connectivity index (χ1v) is 9.17. The molecule has 0 amide bonds. The van der Waals surface area contributed by atoms with Gasteiger partial charge in [0.1, 0.15) is 0 Å². The van der Waals surface area contributed by atoms with Crippen LogP contribution in [-0.2, 0) is 18.3 Å². The molecule has 27 heavy (non-hydrogen) atoms. The zero-order valence-corrected chi connectivity index (χ0v) is 15.5. The number of hydrogen-bond acceptors (Lipinski definition) is 2. The molecule has 2 aromatic carbocycles. The van der Waals surface area contributed by atoms with E-state index in [1.54, 1.807) is 0 Å². The number of rotatable bonds is 4. The summed E-state index contributed by atoms with van der Waals surface area (Å²) in [6.45, 7) is 3.93. The molecule has 2 aromatic heterocycles. The average Bonchev–Trinajstić information content (AvgIpc) is 3.16. The zero-order valence-electron chi connectivity index (χ0n) is 15.5. The lowest BCUT2D eigenvalue weighted by molar-refractivity contribution is 0.609. The molecule has 0 fully saturated rings. The van der Waals surface area contributed by atoms with Crippen LogP contribution < -0.4 is 5.56 Å². The lowest BCUT2D eigenvalue weighted by atomic mass is 9.78. The first-order chi connectivity index (χ1) is 13.0. The van der Waals surface area contributed by atoms with Crippen molar-refractivity contribution in [1.29, 1.82) is 5.26 Å². The Morgan fingerprint density at radius 3 is 2.70 bits per heavy atom. The van der Waals surface area contributed by atoms with Crippen molar-refractivity contribution in [2.75, 3.05) is 0 Å². The van der Waals surface area contributed by atoms with E-state index in [0.717, 1.165) is 38.5 Å². The maximum absolute atomic E-state index is 12.2. The third-order valence-electron chi connectivity index (χ3n) is 5.42. The van der Waals surface area contributed by atoms with Crippen molar-refractivity contribution >= 4 is 21.8 Å². The predicted octanol–water partition coefficient (Wildman–Crippen LogP) is 4.60. The van der Waals surface area contributed by atoms with Crippen LogP contribution in [-0.4, -0.2) is 9.97 Å². The Hall–Kier alpha value is -3.32. The van der Waals surface area contributed by atoms with E-state index in [0.29, 0.717) is 12.8 Å². The number of nitrogens with one attached hydrogen (secondary N) is 2. The van der Waals surface area contributed by atoms with Crippen molar-refractivity contribution < 1.29 is 0 Å². The summed E-state index contributed by atoms with van der Waals surface area (Å²) in [6.07, 6.45) is 3.22. The van der Waals surface area contributed by atoms with Crippen LogP contribution in [0.25, 0.3) is 21.8 Å². The molecule has 0 spiro atoms. The van der Waals surface area contributed by atoms with Crippen LogP contribution >= 0.6 is 0 Å². The van der Waals surface area contributed by atoms with Gasteiger partial charge in [-0.2, -0.15) is 5.26 Å². The van der Waals surface area contributed by atoms with Crippen molar-refractivity contribution in [2.24, 2.45) is 0 Å². The highest BCUT2D eigenvalue weighted by Gasteiger charge is 2.28. The average molecular weight is 355 g/mol. The normalized spacial score (nSPS) is 13.5. The second-order valence-corrected chi connectivity index (χ2v) is 7.26. The molecule has 134 valence electrons. The Morgan fingerprint density at radius 2 is 1.93 bits per heavy atom. The third kappa shape index (κ3) is 2.92. The number of nitriles is 1. The molecule has 4 aromatic rings. The number of nitrogens with zero attached hydrogens (tertiary/aromatic N) is 1. The molecule has 0 saturated heterocycles. The summed E-state index contributed by atoms with van der Waals surface area (Å²) in [5.41, 5.74) is 3.91. The molecule has 1 unspecified atom stereocenters. The number of pyridine rings is 1. The van der Waals surface area contributed by atoms with Crippen molar-refractivity contribution in [3.05, 3.63) is 81.8 Å². The van der Waals surface area contributed by atoms with Crippen molar-refractivity contribution in [1.82, 2.24) is 9.97 Å². The van der Waals surface area contributed by atoms with Gasteiger partial charge in [-0.25, -0.2) is 0 Å². The summed E-state index contributed by atoms with van der Waals surface area (Å²) in [5, 5.41) is 12.1. The maximum atomic E-state index is 12.2. The standard InChI is InChI=1S/C23H21N3O/c1-3-15-11-16-7-8-18(12-21(16)26-22(15)27)23(2,14-24)13-17-5-4-6-20-19(17)9-10-25-20/h4-12,25H,3,13H2,1-2H3,(H,26,27). The fourth-order valence-corrected chi connectivity index (χ4v) is 3.74. The van der Waals surface area contributed by atoms with Crippen LogP contribution in [0.4, 0.5) is 0 Å². The quantitative estimate of drug-likeness (QED) is 0.562. The summed E-state index contributed by atoms with van der Waals surface area (Å²) in [5.74, 6) is 0. The van der Waals surface area contributed by atoms with Gasteiger partial charge in [-0.3, -0.25) is 4.79 Å². The fraction of sp³-hybridized carbons (Fsp3) is 0.217. The van der Waals surface area contributed by atoms with Gasteiger partial charge >= 0.3 is 0 Å². The highest BCUT2D eigenvalue weighted by atomic mass is 16.1. The smallest absolute Gasteiger partial charge is 0.251 e. The molecule has 0 radical (unpaired) electrons. The van der Waals surface area contributed by atoms with Gasteiger partial charge in [0.25, 0.3) is 5.56 Å². The lowest BCUT2D eigenvalue weighted by Gasteiger charge is -2.23. The zero-order chi connectivity index (χ0) is 19.0. The number of aromatic nitrogens is 2. The van der Waals surface area contributed by atoms with Crippen molar-refractivity contribution in [3.8, 4) is 6.07 Å². The van der Waals surface area contributed by atoms with Crippen LogP contribution in [0.15, 0.2) is 59.5 Å². The van der Waals surface area contributed by atoms with Crippen LogP contribution in [0.1, 0.15) is 30.5 Å². The molecule has 2 N–H and O–H groups in total. The Balaban J connectivity index is 1.80. The van der Waals surface area contributed by atoms with Crippen LogP contribution in [0.5, 0.6) is 0 Å². The van der Waals surface area contributed by atoms with E-state index in [2.05, 4.69) is 22.1 Å². The monoisotopic (exact) mass is 355 g/mol. The van der Waals surface area contributed by atoms with Gasteiger partial charge in [0, 0.05) is 28.2 Å². The van der Waals surface area contributed by atoms with Gasteiger partial charge in [-0.05, 0) is 60.5 Å². The second kappa shape index (κ2) is 6.44. The minimum absolute atomic E-state index is 0.0575. The van der Waals surface area contributed by atoms with E-state index >= 15 is 0 Å². The topological polar surface area (TPSA) is 72.4 Å². The van der Waals surface area contributed by atoms with Gasteiger partial charge in [-0.15, -0.1) is 0 Å². The molecular formula is C23H21N3O. The predicted molar refractivity (Wildman–Crippen MR) is 109 cm³/mol. The fourth-order valence-electron chi connectivity index (χ4n) is 3.74. The van der Waals surface area contributed by atoms with Crippen molar-refractivity contribution in [3.63, 3.8) is 0 Å². The molecular weight excluding hydrogens is 334 g/mol. The molecule has 4 heteroatoms. The number of fused-ring (bicyclic) bond motifs is 2. The van der Waals surface area contributed by atoms with E-state index in [-0.39, 0.29) is 5.56 Å².